The number of anilines is 1. The first-order valence-corrected chi connectivity index (χ1v) is 6.06. The molecule has 0 radical (unpaired) electrons. The third kappa shape index (κ3) is 5.06. The van der Waals surface area contributed by atoms with Gasteiger partial charge in [-0.15, -0.1) is 11.8 Å². The molecule has 1 aromatic carbocycles. The molecular weight excluding hydrogens is 269 g/mol. The summed E-state index contributed by atoms with van der Waals surface area (Å²) in [5.74, 6) is -2.31. The standard InChI is InChI=1S/C10H9ClFNO3S/c11-6-1-2-8(7(12)3-6)13-9(14)4-17-5-10(15)16/h1-3H,4-5H2,(H,13,14)(H,15,16). The molecule has 0 unspecified atom stereocenters. The summed E-state index contributed by atoms with van der Waals surface area (Å²) in [4.78, 5) is 21.5. The summed E-state index contributed by atoms with van der Waals surface area (Å²) in [6.45, 7) is 0. The van der Waals surface area contributed by atoms with E-state index in [2.05, 4.69) is 5.32 Å². The van der Waals surface area contributed by atoms with E-state index < -0.39 is 17.7 Å². The van der Waals surface area contributed by atoms with Crippen molar-refractivity contribution < 1.29 is 19.1 Å². The molecule has 0 aliphatic rings. The molecule has 1 rings (SSSR count). The number of rotatable bonds is 5. The molecule has 0 bridgehead atoms. The molecule has 0 aliphatic carbocycles. The second kappa shape index (κ2) is 6.46. The average molecular weight is 278 g/mol. The van der Waals surface area contributed by atoms with E-state index in [1.807, 2.05) is 0 Å². The Morgan fingerprint density at radius 3 is 2.71 bits per heavy atom. The van der Waals surface area contributed by atoms with Crippen LogP contribution < -0.4 is 5.32 Å². The fourth-order valence-electron chi connectivity index (χ4n) is 1.01. The van der Waals surface area contributed by atoms with Crippen LogP contribution in [-0.4, -0.2) is 28.5 Å². The molecule has 0 aliphatic heterocycles. The molecule has 2 N–H and O–H groups in total. The Morgan fingerprint density at radius 1 is 1.41 bits per heavy atom. The van der Waals surface area contributed by atoms with Crippen LogP contribution in [0, 0.1) is 5.82 Å². The molecule has 1 aromatic rings. The molecule has 0 spiro atoms. The lowest BCUT2D eigenvalue weighted by Crippen LogP contribution is -2.16. The molecule has 4 nitrogen and oxygen atoms in total. The summed E-state index contributed by atoms with van der Waals surface area (Å²) < 4.78 is 13.3. The summed E-state index contributed by atoms with van der Waals surface area (Å²) in [7, 11) is 0. The number of halogens is 2. The number of carboxylic acids is 1. The summed E-state index contributed by atoms with van der Waals surface area (Å²) in [5.41, 5.74) is 0.0234. The van der Waals surface area contributed by atoms with Crippen molar-refractivity contribution in [3.8, 4) is 0 Å². The van der Waals surface area contributed by atoms with Crippen molar-refractivity contribution in [1.29, 1.82) is 0 Å². The number of carbonyl (C=O) groups excluding carboxylic acids is 1. The van der Waals surface area contributed by atoms with E-state index in [0.717, 1.165) is 17.8 Å². The maximum Gasteiger partial charge on any atom is 0.313 e. The van der Waals surface area contributed by atoms with Gasteiger partial charge in [-0.2, -0.15) is 0 Å². The summed E-state index contributed by atoms with van der Waals surface area (Å²) in [6, 6.07) is 3.88. The van der Waals surface area contributed by atoms with E-state index >= 15 is 0 Å². The van der Waals surface area contributed by atoms with E-state index in [4.69, 9.17) is 16.7 Å². The fourth-order valence-corrected chi connectivity index (χ4v) is 1.70. The average Bonchev–Trinajstić information content (AvgIpc) is 2.21. The predicted octanol–water partition coefficient (Wildman–Crippen LogP) is 2.24. The van der Waals surface area contributed by atoms with Crippen molar-refractivity contribution in [3.05, 3.63) is 29.0 Å². The highest BCUT2D eigenvalue weighted by atomic mass is 35.5. The van der Waals surface area contributed by atoms with E-state index in [0.29, 0.717) is 0 Å². The minimum absolute atomic E-state index is 0.0234. The molecule has 17 heavy (non-hydrogen) atoms. The zero-order valence-corrected chi connectivity index (χ0v) is 10.1. The van der Waals surface area contributed by atoms with Gasteiger partial charge in [0.1, 0.15) is 5.82 Å². The van der Waals surface area contributed by atoms with Crippen LogP contribution in [-0.2, 0) is 9.59 Å². The first-order chi connectivity index (χ1) is 7.99. The molecule has 0 heterocycles. The summed E-state index contributed by atoms with van der Waals surface area (Å²) in [6.07, 6.45) is 0. The Bertz CT molecular complexity index is 442. The zero-order valence-electron chi connectivity index (χ0n) is 8.57. The van der Waals surface area contributed by atoms with Crippen LogP contribution in [0.5, 0.6) is 0 Å². The highest BCUT2D eigenvalue weighted by molar-refractivity contribution is 8.00. The number of amides is 1. The van der Waals surface area contributed by atoms with Gasteiger partial charge in [-0.3, -0.25) is 9.59 Å². The van der Waals surface area contributed by atoms with Crippen molar-refractivity contribution in [1.82, 2.24) is 0 Å². The third-order valence-corrected chi connectivity index (χ3v) is 2.82. The normalized spacial score (nSPS) is 10.0. The van der Waals surface area contributed by atoms with Crippen LogP contribution in [0.2, 0.25) is 5.02 Å². The van der Waals surface area contributed by atoms with Crippen molar-refractivity contribution in [2.24, 2.45) is 0 Å². The predicted molar refractivity (Wildman–Crippen MR) is 65.0 cm³/mol. The topological polar surface area (TPSA) is 66.4 Å². The first kappa shape index (κ1) is 13.8. The van der Waals surface area contributed by atoms with E-state index in [1.54, 1.807) is 0 Å². The number of carbonyl (C=O) groups is 2. The third-order valence-electron chi connectivity index (χ3n) is 1.66. The second-order valence-electron chi connectivity index (χ2n) is 3.06. The maximum absolute atomic E-state index is 13.3. The number of nitrogens with one attached hydrogen (secondary N) is 1. The number of hydrogen-bond acceptors (Lipinski definition) is 3. The lowest BCUT2D eigenvalue weighted by molar-refractivity contribution is -0.133. The molecule has 0 aromatic heterocycles. The van der Waals surface area contributed by atoms with E-state index in [9.17, 15) is 14.0 Å². The fraction of sp³-hybridized carbons (Fsp3) is 0.200. The van der Waals surface area contributed by atoms with Crippen LogP contribution in [0.25, 0.3) is 0 Å². The lowest BCUT2D eigenvalue weighted by Gasteiger charge is -2.05. The van der Waals surface area contributed by atoms with Crippen molar-refractivity contribution >= 4 is 40.9 Å². The smallest absolute Gasteiger partial charge is 0.313 e. The molecule has 92 valence electrons. The highest BCUT2D eigenvalue weighted by Crippen LogP contribution is 2.19. The maximum atomic E-state index is 13.3. The molecular formula is C10H9ClFNO3S. The van der Waals surface area contributed by atoms with Gasteiger partial charge < -0.3 is 10.4 Å². The zero-order chi connectivity index (χ0) is 12.8. The molecule has 0 atom stereocenters. The van der Waals surface area contributed by atoms with Crippen molar-refractivity contribution in [2.45, 2.75) is 0 Å². The highest BCUT2D eigenvalue weighted by Gasteiger charge is 2.08. The van der Waals surface area contributed by atoms with Gasteiger partial charge >= 0.3 is 5.97 Å². The Labute approximate surface area is 106 Å². The molecule has 0 saturated heterocycles. The van der Waals surface area contributed by atoms with Gasteiger partial charge in [-0.05, 0) is 18.2 Å². The Morgan fingerprint density at radius 2 is 2.12 bits per heavy atom. The van der Waals surface area contributed by atoms with Gasteiger partial charge in [-0.1, -0.05) is 11.6 Å². The number of carboxylic acid groups (broad SMARTS) is 1. The largest absolute Gasteiger partial charge is 0.481 e. The van der Waals surface area contributed by atoms with Gasteiger partial charge in [0.05, 0.1) is 17.2 Å². The Kier molecular flexibility index (Phi) is 5.24. The van der Waals surface area contributed by atoms with Crippen LogP contribution >= 0.6 is 23.4 Å². The monoisotopic (exact) mass is 277 g/mol. The molecule has 7 heteroatoms. The van der Waals surface area contributed by atoms with Crippen molar-refractivity contribution in [2.75, 3.05) is 16.8 Å². The van der Waals surface area contributed by atoms with Gasteiger partial charge in [-0.25, -0.2) is 4.39 Å². The Balaban J connectivity index is 2.48. The van der Waals surface area contributed by atoms with Crippen LogP contribution in [0.4, 0.5) is 10.1 Å². The minimum atomic E-state index is -1.000. The van der Waals surface area contributed by atoms with Gasteiger partial charge in [0.2, 0.25) is 5.91 Å². The number of aliphatic carboxylic acids is 1. The quantitative estimate of drug-likeness (QED) is 0.866. The van der Waals surface area contributed by atoms with Crippen LogP contribution in [0.1, 0.15) is 0 Å². The van der Waals surface area contributed by atoms with E-state index in [-0.39, 0.29) is 22.2 Å². The molecule has 0 saturated carbocycles. The number of hydrogen-bond donors (Lipinski definition) is 2. The second-order valence-corrected chi connectivity index (χ2v) is 4.48. The first-order valence-electron chi connectivity index (χ1n) is 4.53. The summed E-state index contributed by atoms with van der Waals surface area (Å²) in [5, 5.41) is 10.9. The number of benzene rings is 1. The van der Waals surface area contributed by atoms with Crippen LogP contribution in [0.3, 0.4) is 0 Å². The van der Waals surface area contributed by atoms with Gasteiger partial charge in [0.15, 0.2) is 0 Å². The Hall–Kier alpha value is -1.27. The van der Waals surface area contributed by atoms with Crippen LogP contribution in [0.15, 0.2) is 18.2 Å². The summed E-state index contributed by atoms with van der Waals surface area (Å²) >= 11 is 6.49. The van der Waals surface area contributed by atoms with E-state index in [1.165, 1.54) is 12.1 Å². The van der Waals surface area contributed by atoms with Crippen molar-refractivity contribution in [3.63, 3.8) is 0 Å². The minimum Gasteiger partial charge on any atom is -0.481 e. The number of thioether (sulfide) groups is 1. The van der Waals surface area contributed by atoms with Gasteiger partial charge in [0, 0.05) is 5.02 Å². The lowest BCUT2D eigenvalue weighted by atomic mass is 10.3. The molecule has 0 fully saturated rings. The molecule has 1 amide bonds. The SMILES string of the molecule is O=C(O)CSCC(=O)Nc1ccc(Cl)cc1F. The van der Waals surface area contributed by atoms with Gasteiger partial charge in [0.25, 0.3) is 0 Å².